The molecule has 1 aliphatic heterocycles. The number of benzene rings is 4. The number of hydrogen-bond donors (Lipinski definition) is 1. The fraction of sp³-hybridized carbons (Fsp3) is 0.129. The van der Waals surface area contributed by atoms with Crippen molar-refractivity contribution < 1.29 is 23.9 Å². The molecule has 0 aromatic heterocycles. The van der Waals surface area contributed by atoms with Gasteiger partial charge in [-0.2, -0.15) is 0 Å². The van der Waals surface area contributed by atoms with E-state index in [0.29, 0.717) is 37.8 Å². The number of anilines is 1. The van der Waals surface area contributed by atoms with Crippen LogP contribution in [0.2, 0.25) is 0 Å². The van der Waals surface area contributed by atoms with Crippen molar-refractivity contribution in [1.82, 2.24) is 4.90 Å². The van der Waals surface area contributed by atoms with Crippen molar-refractivity contribution in [2.45, 2.75) is 13.5 Å². The molecule has 0 unspecified atom stereocenters. The lowest BCUT2D eigenvalue weighted by Gasteiger charge is -2.15. The van der Waals surface area contributed by atoms with Gasteiger partial charge < -0.3 is 14.8 Å². The van der Waals surface area contributed by atoms with Gasteiger partial charge in [-0.15, -0.1) is 0 Å². The highest BCUT2D eigenvalue weighted by Gasteiger charge is 2.35. The fourth-order valence-corrected chi connectivity index (χ4v) is 5.94. The van der Waals surface area contributed by atoms with Crippen LogP contribution in [-0.4, -0.2) is 35.2 Å². The molecule has 9 heteroatoms. The molecule has 40 heavy (non-hydrogen) atoms. The van der Waals surface area contributed by atoms with Crippen LogP contribution >= 0.6 is 34.4 Å². The molecule has 5 rings (SSSR count). The van der Waals surface area contributed by atoms with E-state index in [2.05, 4.69) is 27.9 Å². The minimum atomic E-state index is -0.339. The molecule has 0 spiro atoms. The molecule has 1 heterocycles. The summed E-state index contributed by atoms with van der Waals surface area (Å²) in [5, 5.41) is 4.54. The largest absolute Gasteiger partial charge is 0.490 e. The highest BCUT2D eigenvalue weighted by atomic mass is 127. The normalized spacial score (nSPS) is 14.2. The van der Waals surface area contributed by atoms with E-state index < -0.39 is 0 Å². The van der Waals surface area contributed by atoms with Crippen LogP contribution < -0.4 is 14.8 Å². The zero-order valence-electron chi connectivity index (χ0n) is 21.6. The number of nitrogens with zero attached hydrogens (tertiary/aromatic N) is 1. The van der Waals surface area contributed by atoms with E-state index in [0.717, 1.165) is 28.1 Å². The molecule has 4 aromatic rings. The van der Waals surface area contributed by atoms with Crippen LogP contribution in [0.1, 0.15) is 18.1 Å². The molecule has 0 radical (unpaired) electrons. The average Bonchev–Trinajstić information content (AvgIpc) is 3.20. The lowest BCUT2D eigenvalue weighted by Crippen LogP contribution is -2.27. The van der Waals surface area contributed by atoms with Gasteiger partial charge in [-0.3, -0.25) is 19.3 Å². The number of thioether (sulfide) groups is 1. The van der Waals surface area contributed by atoms with E-state index in [9.17, 15) is 14.4 Å². The smallest absolute Gasteiger partial charge is 0.293 e. The van der Waals surface area contributed by atoms with Gasteiger partial charge in [0.05, 0.1) is 21.6 Å². The number of hydrogen-bond acceptors (Lipinski definition) is 6. The molecule has 1 fully saturated rings. The second-order valence-electron chi connectivity index (χ2n) is 8.87. The number of rotatable bonds is 9. The van der Waals surface area contributed by atoms with E-state index in [1.54, 1.807) is 24.3 Å². The number of ether oxygens (including phenoxy) is 2. The van der Waals surface area contributed by atoms with Crippen molar-refractivity contribution in [2.75, 3.05) is 18.5 Å². The molecule has 202 valence electrons. The van der Waals surface area contributed by atoms with Crippen molar-refractivity contribution in [3.05, 3.63) is 105 Å². The van der Waals surface area contributed by atoms with E-state index in [4.69, 9.17) is 9.47 Å². The van der Waals surface area contributed by atoms with Gasteiger partial charge >= 0.3 is 0 Å². The summed E-state index contributed by atoms with van der Waals surface area (Å²) in [5.74, 6) is 0.247. The van der Waals surface area contributed by atoms with Gasteiger partial charge in [-0.05, 0) is 93.5 Å². The maximum atomic E-state index is 13.3. The first-order valence-electron chi connectivity index (χ1n) is 12.6. The van der Waals surface area contributed by atoms with Crippen LogP contribution in [0.25, 0.3) is 16.8 Å². The Balaban J connectivity index is 1.33. The molecule has 1 N–H and O–H groups in total. The summed E-state index contributed by atoms with van der Waals surface area (Å²) in [6.07, 6.45) is 1.69. The Bertz CT molecular complexity index is 1620. The molecule has 0 aliphatic carbocycles. The average molecular weight is 665 g/mol. The van der Waals surface area contributed by atoms with Gasteiger partial charge in [0.1, 0.15) is 0 Å². The summed E-state index contributed by atoms with van der Waals surface area (Å²) in [5.41, 5.74) is 2.28. The zero-order chi connectivity index (χ0) is 28.1. The Labute approximate surface area is 249 Å². The molecule has 1 aliphatic rings. The number of nitrogens with one attached hydrogen (secondary N) is 1. The summed E-state index contributed by atoms with van der Waals surface area (Å²) in [4.78, 5) is 40.1. The number of halogens is 1. The molecule has 7 nitrogen and oxygen atoms in total. The molecule has 3 amide bonds. The number of fused-ring (bicyclic) bond motifs is 1. The third kappa shape index (κ3) is 6.31. The topological polar surface area (TPSA) is 84.9 Å². The minimum absolute atomic E-state index is 0.197. The third-order valence-corrected chi connectivity index (χ3v) is 7.83. The first-order chi connectivity index (χ1) is 19.4. The predicted molar refractivity (Wildman–Crippen MR) is 166 cm³/mol. The van der Waals surface area contributed by atoms with Crippen LogP contribution in [0.15, 0.2) is 89.8 Å². The van der Waals surface area contributed by atoms with Gasteiger partial charge in [-0.25, -0.2) is 0 Å². The number of carbonyl (C=O) groups is 3. The molecule has 0 saturated carbocycles. The van der Waals surface area contributed by atoms with E-state index >= 15 is 0 Å². The maximum Gasteiger partial charge on any atom is 0.293 e. The van der Waals surface area contributed by atoms with E-state index in [1.165, 1.54) is 4.90 Å². The summed E-state index contributed by atoms with van der Waals surface area (Å²) < 4.78 is 12.3. The van der Waals surface area contributed by atoms with Crippen molar-refractivity contribution in [2.24, 2.45) is 0 Å². The second-order valence-corrected chi connectivity index (χ2v) is 11.0. The highest BCUT2D eigenvalue weighted by molar-refractivity contribution is 14.1. The first kappa shape index (κ1) is 27.7. The Morgan fingerprint density at radius 1 is 0.975 bits per heavy atom. The van der Waals surface area contributed by atoms with Crippen molar-refractivity contribution >= 4 is 73.9 Å². The number of para-hydroxylation sites is 1. The number of amides is 3. The minimum Gasteiger partial charge on any atom is -0.490 e. The first-order valence-corrected chi connectivity index (χ1v) is 14.5. The quantitative estimate of drug-likeness (QED) is 0.152. The number of carbonyl (C=O) groups excluding carboxylic acids is 3. The monoisotopic (exact) mass is 664 g/mol. The molecular formula is C31H25IN2O5S. The van der Waals surface area contributed by atoms with Crippen LogP contribution in [0.4, 0.5) is 10.5 Å². The van der Waals surface area contributed by atoms with E-state index in [-0.39, 0.29) is 30.2 Å². The SMILES string of the molecule is CCOc1cc(/C=C2/SC(=O)N(Cc3cccc4ccccc34)C2=O)cc(I)c1OCC(=O)Nc1ccccc1. The summed E-state index contributed by atoms with van der Waals surface area (Å²) in [6.45, 7) is 2.23. The van der Waals surface area contributed by atoms with Crippen LogP contribution in [0.5, 0.6) is 11.5 Å². The molecule has 0 atom stereocenters. The second kappa shape index (κ2) is 12.6. The zero-order valence-corrected chi connectivity index (χ0v) is 24.5. The molecule has 4 aromatic carbocycles. The fourth-order valence-electron chi connectivity index (χ4n) is 4.32. The Morgan fingerprint density at radius 3 is 2.52 bits per heavy atom. The summed E-state index contributed by atoms with van der Waals surface area (Å²) >= 11 is 3.03. The van der Waals surface area contributed by atoms with Gasteiger partial charge in [-0.1, -0.05) is 60.7 Å². The van der Waals surface area contributed by atoms with Gasteiger partial charge in [0.15, 0.2) is 18.1 Å². The van der Waals surface area contributed by atoms with Crippen molar-refractivity contribution in [3.63, 3.8) is 0 Å². The predicted octanol–water partition coefficient (Wildman–Crippen LogP) is 7.10. The Hall–Kier alpha value is -3.83. The molecule has 1 saturated heterocycles. The lowest BCUT2D eigenvalue weighted by molar-refractivity contribution is -0.123. The van der Waals surface area contributed by atoms with Crippen LogP contribution in [0, 0.1) is 3.57 Å². The summed E-state index contributed by atoms with van der Waals surface area (Å²) in [6, 6.07) is 26.5. The van der Waals surface area contributed by atoms with Crippen molar-refractivity contribution in [3.8, 4) is 11.5 Å². The van der Waals surface area contributed by atoms with Gasteiger partial charge in [0, 0.05) is 5.69 Å². The molecular weight excluding hydrogens is 639 g/mol. The van der Waals surface area contributed by atoms with Crippen molar-refractivity contribution in [1.29, 1.82) is 0 Å². The lowest BCUT2D eigenvalue weighted by atomic mass is 10.0. The summed E-state index contributed by atoms with van der Waals surface area (Å²) in [7, 11) is 0. The highest BCUT2D eigenvalue weighted by Crippen LogP contribution is 2.38. The third-order valence-electron chi connectivity index (χ3n) is 6.12. The van der Waals surface area contributed by atoms with E-state index in [1.807, 2.05) is 73.7 Å². The van der Waals surface area contributed by atoms with Crippen LogP contribution in [-0.2, 0) is 16.1 Å². The van der Waals surface area contributed by atoms with Crippen LogP contribution in [0.3, 0.4) is 0 Å². The Kier molecular flexibility index (Phi) is 8.71. The maximum absolute atomic E-state index is 13.3. The number of imide groups is 1. The van der Waals surface area contributed by atoms with Gasteiger partial charge in [0.25, 0.3) is 17.1 Å². The standard InChI is InChI=1S/C31H25IN2O5S/c1-2-38-26-16-20(15-25(32)29(26)39-19-28(35)33-23-12-4-3-5-13-23)17-27-30(36)34(31(37)40-27)18-22-11-8-10-21-9-6-7-14-24(21)22/h3-17H,2,18-19H2,1H3,(H,33,35)/b27-17+. The Morgan fingerprint density at radius 2 is 1.73 bits per heavy atom. The van der Waals surface area contributed by atoms with Gasteiger partial charge in [0.2, 0.25) is 0 Å². The molecule has 0 bridgehead atoms.